The molecule has 0 radical (unpaired) electrons. The highest BCUT2D eigenvalue weighted by molar-refractivity contribution is 7.99. The van der Waals surface area contributed by atoms with Gasteiger partial charge in [0.2, 0.25) is 0 Å². The van der Waals surface area contributed by atoms with E-state index in [1.165, 1.54) is 12.2 Å². The van der Waals surface area contributed by atoms with Crippen LogP contribution in [0.25, 0.3) is 0 Å². The van der Waals surface area contributed by atoms with E-state index in [0.29, 0.717) is 6.61 Å². The van der Waals surface area contributed by atoms with Crippen LogP contribution in [-0.2, 0) is 9.53 Å². The molecular weight excluding hydrogens is 222 g/mol. The Morgan fingerprint density at radius 2 is 2.00 bits per heavy atom. The molecule has 0 aromatic carbocycles. The van der Waals surface area contributed by atoms with Gasteiger partial charge >= 0.3 is 5.97 Å². The minimum Gasteiger partial charge on any atom is -0.465 e. The van der Waals surface area contributed by atoms with Crippen LogP contribution < -0.4 is 5.32 Å². The second-order valence-corrected chi connectivity index (χ2v) is 4.88. The first-order valence-corrected chi connectivity index (χ1v) is 7.39. The van der Waals surface area contributed by atoms with Gasteiger partial charge in [-0.1, -0.05) is 13.8 Å². The Bertz CT molecular complexity index is 176. The summed E-state index contributed by atoms with van der Waals surface area (Å²) in [4.78, 5) is 11.6. The minimum atomic E-state index is -0.121. The lowest BCUT2D eigenvalue weighted by Gasteiger charge is -2.16. The summed E-state index contributed by atoms with van der Waals surface area (Å²) >= 11 is 1.90. The maximum Gasteiger partial charge on any atom is 0.323 e. The van der Waals surface area contributed by atoms with Crippen LogP contribution in [0.4, 0.5) is 0 Å². The normalized spacial score (nSPS) is 12.4. The van der Waals surface area contributed by atoms with Gasteiger partial charge in [0.05, 0.1) is 6.61 Å². The number of carbonyl (C=O) groups excluding carboxylic acids is 1. The van der Waals surface area contributed by atoms with Gasteiger partial charge in [-0.3, -0.25) is 4.79 Å². The molecule has 0 aromatic rings. The van der Waals surface area contributed by atoms with Crippen LogP contribution in [0.2, 0.25) is 0 Å². The minimum absolute atomic E-state index is 0.104. The summed E-state index contributed by atoms with van der Waals surface area (Å²) < 4.78 is 5.05. The third-order valence-corrected chi connectivity index (χ3v) is 3.33. The topological polar surface area (TPSA) is 38.3 Å². The van der Waals surface area contributed by atoms with E-state index in [0.717, 1.165) is 25.1 Å². The zero-order valence-electron chi connectivity index (χ0n) is 10.8. The molecule has 0 saturated heterocycles. The van der Waals surface area contributed by atoms with Crippen LogP contribution in [0, 0.1) is 0 Å². The van der Waals surface area contributed by atoms with Gasteiger partial charge in [0.1, 0.15) is 6.04 Å². The number of esters is 1. The van der Waals surface area contributed by atoms with Crippen LogP contribution in [0.5, 0.6) is 0 Å². The predicted molar refractivity (Wildman–Crippen MR) is 70.9 cm³/mol. The number of hydrogen-bond donors (Lipinski definition) is 1. The van der Waals surface area contributed by atoms with Crippen LogP contribution in [0.3, 0.4) is 0 Å². The van der Waals surface area contributed by atoms with Crippen molar-refractivity contribution in [2.45, 2.75) is 46.1 Å². The van der Waals surface area contributed by atoms with E-state index < -0.39 is 0 Å². The third kappa shape index (κ3) is 7.99. The smallest absolute Gasteiger partial charge is 0.323 e. The summed E-state index contributed by atoms with van der Waals surface area (Å²) in [6.07, 6.45) is 3.10. The summed E-state index contributed by atoms with van der Waals surface area (Å²) in [6, 6.07) is -0.121. The predicted octanol–water partition coefficient (Wildman–Crippen LogP) is 2.45. The second kappa shape index (κ2) is 11.3. The Balaban J connectivity index is 3.84. The molecule has 96 valence electrons. The molecule has 1 atom stereocenters. The zero-order valence-corrected chi connectivity index (χ0v) is 11.6. The second-order valence-electron chi connectivity index (χ2n) is 3.66. The average molecular weight is 247 g/mol. The van der Waals surface area contributed by atoms with E-state index in [-0.39, 0.29) is 12.0 Å². The Labute approximate surface area is 104 Å². The number of nitrogens with one attached hydrogen (secondary N) is 1. The van der Waals surface area contributed by atoms with Gasteiger partial charge in [0.25, 0.3) is 0 Å². The van der Waals surface area contributed by atoms with Crippen molar-refractivity contribution in [2.75, 3.05) is 24.7 Å². The van der Waals surface area contributed by atoms with E-state index in [2.05, 4.69) is 19.2 Å². The van der Waals surface area contributed by atoms with Crippen molar-refractivity contribution in [3.63, 3.8) is 0 Å². The summed E-state index contributed by atoms with van der Waals surface area (Å²) in [5.74, 6) is 2.09. The van der Waals surface area contributed by atoms with Gasteiger partial charge in [0, 0.05) is 0 Å². The third-order valence-electron chi connectivity index (χ3n) is 2.11. The summed E-state index contributed by atoms with van der Waals surface area (Å²) in [5.41, 5.74) is 0. The first-order valence-electron chi connectivity index (χ1n) is 6.23. The van der Waals surface area contributed by atoms with Crippen molar-refractivity contribution < 1.29 is 9.53 Å². The highest BCUT2D eigenvalue weighted by Gasteiger charge is 2.17. The zero-order chi connectivity index (χ0) is 12.2. The van der Waals surface area contributed by atoms with Crippen molar-refractivity contribution in [2.24, 2.45) is 0 Å². The monoisotopic (exact) mass is 247 g/mol. The first kappa shape index (κ1) is 15.8. The molecule has 0 rings (SSSR count). The lowest BCUT2D eigenvalue weighted by atomic mass is 10.2. The fraction of sp³-hybridized carbons (Fsp3) is 0.917. The molecule has 0 amide bonds. The number of thioether (sulfide) groups is 1. The lowest BCUT2D eigenvalue weighted by Crippen LogP contribution is -2.39. The van der Waals surface area contributed by atoms with Crippen LogP contribution >= 0.6 is 11.8 Å². The van der Waals surface area contributed by atoms with Crippen LogP contribution in [0.15, 0.2) is 0 Å². The molecule has 3 nitrogen and oxygen atoms in total. The fourth-order valence-electron chi connectivity index (χ4n) is 1.31. The largest absolute Gasteiger partial charge is 0.465 e. The summed E-state index contributed by atoms with van der Waals surface area (Å²) in [5, 5.41) is 3.24. The van der Waals surface area contributed by atoms with Gasteiger partial charge in [-0.2, -0.15) is 11.8 Å². The molecule has 0 aliphatic heterocycles. The Morgan fingerprint density at radius 3 is 2.56 bits per heavy atom. The molecule has 0 heterocycles. The first-order chi connectivity index (χ1) is 7.76. The molecule has 0 aliphatic carbocycles. The van der Waals surface area contributed by atoms with Crippen molar-refractivity contribution >= 4 is 17.7 Å². The molecule has 1 unspecified atom stereocenters. The molecule has 0 fully saturated rings. The molecule has 0 spiro atoms. The molecule has 0 aromatic heterocycles. The Hall–Kier alpha value is -0.220. The van der Waals surface area contributed by atoms with Crippen molar-refractivity contribution in [1.82, 2.24) is 5.32 Å². The van der Waals surface area contributed by atoms with Crippen molar-refractivity contribution in [3.05, 3.63) is 0 Å². The lowest BCUT2D eigenvalue weighted by molar-refractivity contribution is -0.145. The van der Waals surface area contributed by atoms with Gasteiger partial charge in [-0.15, -0.1) is 0 Å². The van der Waals surface area contributed by atoms with E-state index in [1.807, 2.05) is 18.7 Å². The SMILES string of the molecule is CCCNC(CCSCCC)C(=O)OCC. The Kier molecular flexibility index (Phi) is 11.1. The standard InChI is InChI=1S/C12H25NO2S/c1-4-8-13-11(12(14)15-6-3)7-10-16-9-5-2/h11,13H,4-10H2,1-3H3. The van der Waals surface area contributed by atoms with Crippen molar-refractivity contribution in [1.29, 1.82) is 0 Å². The van der Waals surface area contributed by atoms with E-state index in [1.54, 1.807) is 0 Å². The van der Waals surface area contributed by atoms with E-state index >= 15 is 0 Å². The summed E-state index contributed by atoms with van der Waals surface area (Å²) in [7, 11) is 0. The van der Waals surface area contributed by atoms with Gasteiger partial charge in [0.15, 0.2) is 0 Å². The molecule has 1 N–H and O–H groups in total. The number of ether oxygens (including phenoxy) is 1. The highest BCUT2D eigenvalue weighted by Crippen LogP contribution is 2.07. The maximum atomic E-state index is 11.6. The molecule has 0 saturated carbocycles. The van der Waals surface area contributed by atoms with Gasteiger partial charge in [-0.25, -0.2) is 0 Å². The van der Waals surface area contributed by atoms with E-state index in [9.17, 15) is 4.79 Å². The van der Waals surface area contributed by atoms with Crippen LogP contribution in [-0.4, -0.2) is 36.7 Å². The molecule has 0 bridgehead atoms. The molecule has 16 heavy (non-hydrogen) atoms. The number of hydrogen-bond acceptors (Lipinski definition) is 4. The van der Waals surface area contributed by atoms with Gasteiger partial charge < -0.3 is 10.1 Å². The molecule has 0 aliphatic rings. The highest BCUT2D eigenvalue weighted by atomic mass is 32.2. The van der Waals surface area contributed by atoms with Crippen molar-refractivity contribution in [3.8, 4) is 0 Å². The van der Waals surface area contributed by atoms with Crippen LogP contribution in [0.1, 0.15) is 40.0 Å². The van der Waals surface area contributed by atoms with Gasteiger partial charge in [-0.05, 0) is 44.2 Å². The quantitative estimate of drug-likeness (QED) is 0.475. The number of carbonyl (C=O) groups is 1. The Morgan fingerprint density at radius 1 is 1.25 bits per heavy atom. The number of rotatable bonds is 10. The average Bonchev–Trinajstić information content (AvgIpc) is 2.28. The fourth-order valence-corrected chi connectivity index (χ4v) is 2.21. The maximum absolute atomic E-state index is 11.6. The summed E-state index contributed by atoms with van der Waals surface area (Å²) in [6.45, 7) is 7.46. The van der Waals surface area contributed by atoms with E-state index in [4.69, 9.17) is 4.74 Å². The molecule has 4 heteroatoms. The molecular formula is C12H25NO2S.